The monoisotopic (exact) mass is 667 g/mol. The number of hydrogen-bond acceptors (Lipinski definition) is 7. The van der Waals surface area contributed by atoms with Crippen LogP contribution in [0.3, 0.4) is 0 Å². The number of fused-ring (bicyclic) bond motifs is 1. The lowest BCUT2D eigenvalue weighted by Crippen LogP contribution is -2.50. The molecule has 3 aromatic rings. The second-order valence-corrected chi connectivity index (χ2v) is 13.1. The summed E-state index contributed by atoms with van der Waals surface area (Å²) in [6, 6.07) is 22.0. The largest absolute Gasteiger partial charge is 0.508 e. The van der Waals surface area contributed by atoms with Gasteiger partial charge in [0.15, 0.2) is 18.1 Å². The van der Waals surface area contributed by atoms with Gasteiger partial charge >= 0.3 is 0 Å². The van der Waals surface area contributed by atoms with Gasteiger partial charge in [-0.2, -0.15) is 0 Å². The van der Waals surface area contributed by atoms with Gasteiger partial charge in [-0.3, -0.25) is 14.4 Å². The average molecular weight is 668 g/mol. The number of carbonyl (C=O) groups is 3. The molecule has 6 rings (SSSR count). The second-order valence-electron chi connectivity index (χ2n) is 13.1. The van der Waals surface area contributed by atoms with Crippen LogP contribution < -0.4 is 19.5 Å². The molecular formula is C39H45N3O7. The summed E-state index contributed by atoms with van der Waals surface area (Å²) in [5, 5.41) is 13.1. The Hall–Kier alpha value is -4.99. The number of rotatable bonds is 14. The van der Waals surface area contributed by atoms with Crippen LogP contribution in [-0.4, -0.2) is 78.2 Å². The number of hydrogen-bond donors (Lipinski definition) is 2. The van der Waals surface area contributed by atoms with E-state index in [-0.39, 0.29) is 54.7 Å². The van der Waals surface area contributed by atoms with Crippen LogP contribution in [0.15, 0.2) is 84.4 Å². The molecule has 258 valence electrons. The molecule has 10 nitrogen and oxygen atoms in total. The molecule has 2 aliphatic heterocycles. The highest BCUT2D eigenvalue weighted by molar-refractivity contribution is 5.80. The number of likely N-dealkylation sites (tertiary alicyclic amines) is 1. The first-order chi connectivity index (χ1) is 23.8. The van der Waals surface area contributed by atoms with Crippen molar-refractivity contribution in [1.82, 2.24) is 15.1 Å². The van der Waals surface area contributed by atoms with Gasteiger partial charge in [0.05, 0.1) is 0 Å². The van der Waals surface area contributed by atoms with Crippen molar-refractivity contribution in [3.05, 3.63) is 95.6 Å². The van der Waals surface area contributed by atoms with Crippen LogP contribution in [0.5, 0.6) is 23.0 Å². The highest BCUT2D eigenvalue weighted by Crippen LogP contribution is 2.34. The first kappa shape index (κ1) is 33.9. The number of amides is 3. The van der Waals surface area contributed by atoms with Gasteiger partial charge in [0, 0.05) is 57.0 Å². The molecule has 49 heavy (non-hydrogen) atoms. The number of aromatic hydroxyl groups is 1. The number of nitrogens with zero attached hydrogens (tertiary/aromatic N) is 2. The van der Waals surface area contributed by atoms with E-state index in [0.29, 0.717) is 63.4 Å². The Kier molecular flexibility index (Phi) is 11.0. The third-order valence-corrected chi connectivity index (χ3v) is 9.48. The van der Waals surface area contributed by atoms with Crippen LogP contribution >= 0.6 is 0 Å². The summed E-state index contributed by atoms with van der Waals surface area (Å²) in [7, 11) is 0. The topological polar surface area (TPSA) is 118 Å². The number of nitrogens with one attached hydrogen (secondary N) is 1. The number of ether oxygens (including phenoxy) is 3. The molecule has 3 aliphatic rings. The van der Waals surface area contributed by atoms with Crippen molar-refractivity contribution in [2.75, 3.05) is 39.6 Å². The van der Waals surface area contributed by atoms with Gasteiger partial charge in [-0.25, -0.2) is 0 Å². The number of piperidine rings is 1. The third kappa shape index (κ3) is 9.55. The zero-order valence-corrected chi connectivity index (χ0v) is 28.0. The van der Waals surface area contributed by atoms with Crippen LogP contribution in [0.1, 0.15) is 43.7 Å². The molecule has 0 bridgehead atoms. The lowest BCUT2D eigenvalue weighted by Gasteiger charge is -2.36. The van der Waals surface area contributed by atoms with Crippen LogP contribution in [0.4, 0.5) is 0 Å². The van der Waals surface area contributed by atoms with Crippen molar-refractivity contribution in [1.29, 1.82) is 0 Å². The van der Waals surface area contributed by atoms with Crippen LogP contribution in [-0.2, 0) is 27.2 Å². The minimum atomic E-state index is -0.309. The predicted molar refractivity (Wildman–Crippen MR) is 184 cm³/mol. The van der Waals surface area contributed by atoms with Gasteiger partial charge < -0.3 is 34.4 Å². The van der Waals surface area contributed by atoms with Gasteiger partial charge in [0.25, 0.3) is 5.91 Å². The van der Waals surface area contributed by atoms with Gasteiger partial charge in [-0.05, 0) is 73.9 Å². The Labute approximate surface area is 287 Å². The smallest absolute Gasteiger partial charge is 0.258 e. The SMILES string of the molecule is CC(=O)N1CCC(C(=O)N(CCc2ccc3c(c2)OCO3)CC(C=C2CC2)[C@H](Cc2ccccc2)NC(=O)COc2cccc(O)c2)CC1. The normalized spacial score (nSPS) is 16.4. The number of phenolic OH excluding ortho intramolecular Hbond substituents is 1. The van der Waals surface area contributed by atoms with Crippen molar-refractivity contribution in [2.45, 2.75) is 51.5 Å². The van der Waals surface area contributed by atoms with Gasteiger partial charge in [-0.15, -0.1) is 0 Å². The lowest BCUT2D eigenvalue weighted by atomic mass is 9.90. The fourth-order valence-electron chi connectivity index (χ4n) is 6.59. The number of allylic oxidation sites excluding steroid dienone is 1. The molecule has 10 heteroatoms. The number of benzene rings is 3. The molecule has 3 aromatic carbocycles. The summed E-state index contributed by atoms with van der Waals surface area (Å²) in [5.41, 5.74) is 3.45. The van der Waals surface area contributed by atoms with Crippen LogP contribution in [0, 0.1) is 11.8 Å². The first-order valence-corrected chi connectivity index (χ1v) is 17.2. The van der Waals surface area contributed by atoms with Crippen LogP contribution in [0.25, 0.3) is 0 Å². The van der Waals surface area contributed by atoms with Crippen molar-refractivity contribution >= 4 is 17.7 Å². The Morgan fingerprint density at radius 3 is 2.49 bits per heavy atom. The van der Waals surface area contributed by atoms with Crippen molar-refractivity contribution in [2.24, 2.45) is 11.8 Å². The molecule has 2 heterocycles. The predicted octanol–water partition coefficient (Wildman–Crippen LogP) is 4.89. The van der Waals surface area contributed by atoms with E-state index in [0.717, 1.165) is 29.7 Å². The highest BCUT2D eigenvalue weighted by Gasteiger charge is 2.33. The minimum Gasteiger partial charge on any atom is -0.508 e. The molecular weight excluding hydrogens is 622 g/mol. The Morgan fingerprint density at radius 2 is 1.76 bits per heavy atom. The molecule has 0 aromatic heterocycles. The van der Waals surface area contributed by atoms with E-state index in [1.807, 2.05) is 46.2 Å². The Morgan fingerprint density at radius 1 is 0.980 bits per heavy atom. The molecule has 1 saturated carbocycles. The molecule has 1 aliphatic carbocycles. The van der Waals surface area contributed by atoms with Crippen molar-refractivity contribution in [3.63, 3.8) is 0 Å². The number of phenols is 1. The summed E-state index contributed by atoms with van der Waals surface area (Å²) in [5.74, 6) is 1.41. The molecule has 1 saturated heterocycles. The Bertz CT molecular complexity index is 1650. The standard InChI is InChI=1S/C39H45N3O7/c1-27(43)41-18-15-31(16-19-41)39(46)42(17-14-30-12-13-36-37(22-30)49-26-48-36)24-32(20-29-10-11-29)35(21-28-6-3-2-4-7-28)40-38(45)25-47-34-9-5-8-33(44)23-34/h2-9,12-13,20,22-23,31-32,35,44H,10-11,14-19,21,24-26H2,1H3,(H,40,45)/t32?,35-/m0/s1. The molecule has 1 unspecified atom stereocenters. The van der Waals surface area contributed by atoms with E-state index in [9.17, 15) is 19.5 Å². The maximum atomic E-state index is 14.3. The van der Waals surface area contributed by atoms with Gasteiger partial charge in [-0.1, -0.05) is 54.1 Å². The van der Waals surface area contributed by atoms with Crippen molar-refractivity contribution in [3.8, 4) is 23.0 Å². The summed E-state index contributed by atoms with van der Waals surface area (Å²) >= 11 is 0. The first-order valence-electron chi connectivity index (χ1n) is 17.2. The molecule has 2 fully saturated rings. The van der Waals surface area contributed by atoms with E-state index < -0.39 is 0 Å². The molecule has 2 atom stereocenters. The van der Waals surface area contributed by atoms with Gasteiger partial charge in [0.2, 0.25) is 18.6 Å². The minimum absolute atomic E-state index is 0.0363. The zero-order valence-electron chi connectivity index (χ0n) is 28.0. The van der Waals surface area contributed by atoms with E-state index in [1.54, 1.807) is 25.1 Å². The average Bonchev–Trinajstić information content (AvgIpc) is 3.81. The molecule has 3 amide bonds. The zero-order chi connectivity index (χ0) is 34.2. The van der Waals surface area contributed by atoms with Crippen LogP contribution in [0.2, 0.25) is 0 Å². The summed E-state index contributed by atoms with van der Waals surface area (Å²) in [6.07, 6.45) is 6.74. The summed E-state index contributed by atoms with van der Waals surface area (Å²) in [6.45, 7) is 3.64. The quantitative estimate of drug-likeness (QED) is 0.235. The van der Waals surface area contributed by atoms with E-state index in [2.05, 4.69) is 23.5 Å². The van der Waals surface area contributed by atoms with E-state index >= 15 is 0 Å². The van der Waals surface area contributed by atoms with E-state index in [4.69, 9.17) is 14.2 Å². The fraction of sp³-hybridized carbons (Fsp3) is 0.410. The second kappa shape index (κ2) is 15.9. The molecule has 2 N–H and O–H groups in total. The Balaban J connectivity index is 1.23. The van der Waals surface area contributed by atoms with Gasteiger partial charge in [0.1, 0.15) is 11.5 Å². The molecule has 0 spiro atoms. The fourth-order valence-corrected chi connectivity index (χ4v) is 6.59. The van der Waals surface area contributed by atoms with E-state index in [1.165, 1.54) is 11.6 Å². The maximum Gasteiger partial charge on any atom is 0.258 e. The summed E-state index contributed by atoms with van der Waals surface area (Å²) in [4.78, 5) is 43.5. The third-order valence-electron chi connectivity index (χ3n) is 9.48. The number of carbonyl (C=O) groups excluding carboxylic acids is 3. The molecule has 0 radical (unpaired) electrons. The van der Waals surface area contributed by atoms with Crippen molar-refractivity contribution < 1.29 is 33.7 Å². The maximum absolute atomic E-state index is 14.3. The highest BCUT2D eigenvalue weighted by atomic mass is 16.7. The summed E-state index contributed by atoms with van der Waals surface area (Å²) < 4.78 is 16.8. The lowest BCUT2D eigenvalue weighted by molar-refractivity contribution is -0.140.